The van der Waals surface area contributed by atoms with Crippen LogP contribution in [-0.2, 0) is 0 Å². The van der Waals surface area contributed by atoms with Crippen molar-refractivity contribution in [1.82, 2.24) is 0 Å². The molecule has 0 saturated carbocycles. The van der Waals surface area contributed by atoms with Crippen molar-refractivity contribution in [3.05, 3.63) is 65.7 Å². The summed E-state index contributed by atoms with van der Waals surface area (Å²) in [5.74, 6) is 0.0689. The fourth-order valence-electron chi connectivity index (χ4n) is 2.05. The van der Waals surface area contributed by atoms with E-state index >= 15 is 0 Å². The van der Waals surface area contributed by atoms with Crippen LogP contribution in [0.5, 0.6) is 0 Å². The SMILES string of the molecule is O=C1c2ccccc2N=C(c2ccccc2)C1Br. The standard InChI is InChI=1S/C15H10BrNO/c16-13-14(10-6-2-1-3-7-10)17-12-9-5-4-8-11(12)15(13)18/h1-9,13H. The molecule has 0 saturated heterocycles. The molecule has 0 aliphatic carbocycles. The van der Waals surface area contributed by atoms with E-state index in [0.717, 1.165) is 17.0 Å². The Morgan fingerprint density at radius 3 is 2.39 bits per heavy atom. The highest BCUT2D eigenvalue weighted by Crippen LogP contribution is 2.30. The van der Waals surface area contributed by atoms with E-state index in [-0.39, 0.29) is 10.6 Å². The molecule has 0 bridgehead atoms. The fourth-order valence-corrected chi connectivity index (χ4v) is 2.66. The molecule has 2 aromatic carbocycles. The molecule has 1 atom stereocenters. The van der Waals surface area contributed by atoms with Crippen LogP contribution in [0.4, 0.5) is 5.69 Å². The van der Waals surface area contributed by atoms with Crippen molar-refractivity contribution < 1.29 is 4.79 Å². The van der Waals surface area contributed by atoms with Crippen molar-refractivity contribution in [2.45, 2.75) is 4.83 Å². The molecule has 3 heteroatoms. The predicted molar refractivity (Wildman–Crippen MR) is 76.1 cm³/mol. The maximum absolute atomic E-state index is 12.3. The number of hydrogen-bond acceptors (Lipinski definition) is 2. The van der Waals surface area contributed by atoms with Crippen molar-refractivity contribution in [3.8, 4) is 0 Å². The molecule has 0 radical (unpaired) electrons. The average molecular weight is 300 g/mol. The van der Waals surface area contributed by atoms with Gasteiger partial charge in [0.05, 0.1) is 11.4 Å². The zero-order chi connectivity index (χ0) is 12.5. The number of aliphatic imine (C=N–C) groups is 1. The van der Waals surface area contributed by atoms with Crippen LogP contribution in [0, 0.1) is 0 Å². The van der Waals surface area contributed by atoms with Gasteiger partial charge in [0.25, 0.3) is 0 Å². The van der Waals surface area contributed by atoms with Crippen LogP contribution < -0.4 is 0 Å². The minimum absolute atomic E-state index is 0.0689. The molecule has 2 aromatic rings. The third-order valence-corrected chi connectivity index (χ3v) is 3.80. The van der Waals surface area contributed by atoms with Crippen LogP contribution in [-0.4, -0.2) is 16.3 Å². The number of rotatable bonds is 1. The minimum atomic E-state index is -0.366. The van der Waals surface area contributed by atoms with Gasteiger partial charge in [0.2, 0.25) is 0 Å². The Kier molecular flexibility index (Phi) is 2.84. The second-order valence-corrected chi connectivity index (χ2v) is 5.02. The summed E-state index contributed by atoms with van der Waals surface area (Å²) >= 11 is 3.45. The maximum atomic E-state index is 12.3. The molecule has 0 fully saturated rings. The lowest BCUT2D eigenvalue weighted by molar-refractivity contribution is 0.101. The Morgan fingerprint density at radius 2 is 1.61 bits per heavy atom. The molecule has 1 aliphatic rings. The number of alkyl halides is 1. The number of benzene rings is 2. The molecule has 1 unspecified atom stereocenters. The number of hydrogen-bond donors (Lipinski definition) is 0. The molecule has 0 N–H and O–H groups in total. The molecule has 18 heavy (non-hydrogen) atoms. The number of fused-ring (bicyclic) bond motifs is 1. The van der Waals surface area contributed by atoms with Gasteiger partial charge >= 0.3 is 0 Å². The van der Waals surface area contributed by atoms with Crippen LogP contribution in [0.2, 0.25) is 0 Å². The first kappa shape index (κ1) is 11.4. The lowest BCUT2D eigenvalue weighted by atomic mass is 9.96. The quantitative estimate of drug-likeness (QED) is 0.737. The van der Waals surface area contributed by atoms with Gasteiger partial charge < -0.3 is 0 Å². The number of para-hydroxylation sites is 1. The van der Waals surface area contributed by atoms with E-state index in [1.165, 1.54) is 0 Å². The first-order valence-electron chi connectivity index (χ1n) is 5.68. The van der Waals surface area contributed by atoms with E-state index in [9.17, 15) is 4.79 Å². The minimum Gasteiger partial charge on any atom is -0.292 e. The second kappa shape index (κ2) is 4.50. The summed E-state index contributed by atoms with van der Waals surface area (Å²) in [7, 11) is 0. The number of carbonyl (C=O) groups excluding carboxylic acids is 1. The molecule has 0 amide bonds. The highest BCUT2D eigenvalue weighted by atomic mass is 79.9. The van der Waals surface area contributed by atoms with Gasteiger partial charge in [0.1, 0.15) is 4.83 Å². The number of nitrogens with zero attached hydrogens (tertiary/aromatic N) is 1. The fraction of sp³-hybridized carbons (Fsp3) is 0.0667. The van der Waals surface area contributed by atoms with E-state index in [1.54, 1.807) is 0 Å². The van der Waals surface area contributed by atoms with E-state index in [4.69, 9.17) is 0 Å². The third-order valence-electron chi connectivity index (χ3n) is 2.95. The Labute approximate surface area is 114 Å². The summed E-state index contributed by atoms with van der Waals surface area (Å²) in [4.78, 5) is 16.5. The maximum Gasteiger partial charge on any atom is 0.184 e. The number of halogens is 1. The van der Waals surface area contributed by atoms with Gasteiger partial charge in [-0.1, -0.05) is 58.4 Å². The Balaban J connectivity index is 2.17. The number of carbonyl (C=O) groups is 1. The predicted octanol–water partition coefficient (Wildman–Crippen LogP) is 3.77. The average Bonchev–Trinajstić information content (AvgIpc) is 2.44. The summed E-state index contributed by atoms with van der Waals surface area (Å²) in [6.45, 7) is 0. The van der Waals surface area contributed by atoms with Crippen molar-refractivity contribution in [1.29, 1.82) is 0 Å². The van der Waals surface area contributed by atoms with Crippen LogP contribution in [0.25, 0.3) is 0 Å². The van der Waals surface area contributed by atoms with Crippen LogP contribution in [0.15, 0.2) is 59.6 Å². The highest BCUT2D eigenvalue weighted by Gasteiger charge is 2.29. The van der Waals surface area contributed by atoms with E-state index in [1.807, 2.05) is 54.6 Å². The normalized spacial score (nSPS) is 18.2. The van der Waals surface area contributed by atoms with Crippen LogP contribution >= 0.6 is 15.9 Å². The molecule has 1 aliphatic heterocycles. The van der Waals surface area contributed by atoms with Crippen molar-refractivity contribution >= 4 is 33.1 Å². The van der Waals surface area contributed by atoms with Gasteiger partial charge in [-0.2, -0.15) is 0 Å². The zero-order valence-corrected chi connectivity index (χ0v) is 11.1. The van der Waals surface area contributed by atoms with Crippen molar-refractivity contribution in [2.75, 3.05) is 0 Å². The van der Waals surface area contributed by atoms with Gasteiger partial charge in [-0.05, 0) is 17.7 Å². The van der Waals surface area contributed by atoms with Gasteiger partial charge in [-0.3, -0.25) is 9.79 Å². The summed E-state index contributed by atoms with van der Waals surface area (Å²) in [6, 6.07) is 17.2. The molecule has 2 nitrogen and oxygen atoms in total. The second-order valence-electron chi connectivity index (χ2n) is 4.11. The largest absolute Gasteiger partial charge is 0.292 e. The summed E-state index contributed by atoms with van der Waals surface area (Å²) in [6.07, 6.45) is 0. The summed E-state index contributed by atoms with van der Waals surface area (Å²) < 4.78 is 0. The lowest BCUT2D eigenvalue weighted by Crippen LogP contribution is -2.28. The number of Topliss-reactive ketones (excluding diaryl/α,β-unsaturated/α-hetero) is 1. The number of ketones is 1. The first-order valence-corrected chi connectivity index (χ1v) is 6.60. The van der Waals surface area contributed by atoms with E-state index < -0.39 is 0 Å². The van der Waals surface area contributed by atoms with Crippen molar-refractivity contribution in [2.24, 2.45) is 4.99 Å². The highest BCUT2D eigenvalue weighted by molar-refractivity contribution is 9.10. The van der Waals surface area contributed by atoms with Crippen LogP contribution in [0.1, 0.15) is 15.9 Å². The molecule has 3 rings (SSSR count). The molecule has 0 spiro atoms. The summed E-state index contributed by atoms with van der Waals surface area (Å²) in [5, 5.41) is 0. The van der Waals surface area contributed by atoms with Crippen LogP contribution in [0.3, 0.4) is 0 Å². The zero-order valence-electron chi connectivity index (χ0n) is 9.51. The van der Waals surface area contributed by atoms with Crippen molar-refractivity contribution in [3.63, 3.8) is 0 Å². The van der Waals surface area contributed by atoms with Gasteiger partial charge in [-0.15, -0.1) is 0 Å². The first-order chi connectivity index (χ1) is 8.77. The Hall–Kier alpha value is -1.74. The topological polar surface area (TPSA) is 29.4 Å². The smallest absolute Gasteiger partial charge is 0.184 e. The Morgan fingerprint density at radius 1 is 0.944 bits per heavy atom. The van der Waals surface area contributed by atoms with Gasteiger partial charge in [0, 0.05) is 5.56 Å². The molecule has 88 valence electrons. The Bertz CT molecular complexity index is 634. The van der Waals surface area contributed by atoms with E-state index in [2.05, 4.69) is 20.9 Å². The molecular formula is C15H10BrNO. The monoisotopic (exact) mass is 299 g/mol. The lowest BCUT2D eigenvalue weighted by Gasteiger charge is -2.19. The molecule has 0 aromatic heterocycles. The van der Waals surface area contributed by atoms with E-state index in [0.29, 0.717) is 5.56 Å². The van der Waals surface area contributed by atoms with Gasteiger partial charge in [0.15, 0.2) is 5.78 Å². The van der Waals surface area contributed by atoms with Gasteiger partial charge in [-0.25, -0.2) is 0 Å². The molecule has 1 heterocycles. The summed E-state index contributed by atoms with van der Waals surface area (Å²) in [5.41, 5.74) is 3.18. The third kappa shape index (κ3) is 1.81. The molecular weight excluding hydrogens is 290 g/mol.